The van der Waals surface area contributed by atoms with Gasteiger partial charge in [-0.1, -0.05) is 6.07 Å². The third-order valence-corrected chi connectivity index (χ3v) is 5.75. The van der Waals surface area contributed by atoms with E-state index in [1.165, 1.54) is 30.0 Å². The van der Waals surface area contributed by atoms with E-state index in [9.17, 15) is 31.1 Å². The Balaban J connectivity index is 1.77. The largest absolute Gasteiger partial charge is 0.433 e. The molecule has 7 nitrogen and oxygen atoms in total. The number of amides is 1. The molecule has 0 saturated carbocycles. The lowest BCUT2D eigenvalue weighted by Crippen LogP contribution is -2.42. The van der Waals surface area contributed by atoms with Gasteiger partial charge in [0.05, 0.1) is 11.5 Å². The van der Waals surface area contributed by atoms with Crippen LogP contribution in [0, 0.1) is 19.8 Å². The molecule has 1 amide bonds. The molecule has 3 aromatic rings. The van der Waals surface area contributed by atoms with Crippen molar-refractivity contribution in [2.24, 2.45) is 5.92 Å². The Hall–Kier alpha value is -3.51. The minimum absolute atomic E-state index is 0.00805. The molecule has 4 rings (SSSR count). The van der Waals surface area contributed by atoms with Gasteiger partial charge in [0.1, 0.15) is 11.5 Å². The Morgan fingerprint density at radius 1 is 1.00 bits per heavy atom. The average Bonchev–Trinajstić information content (AvgIpc) is 3.23. The maximum absolute atomic E-state index is 13.4. The summed E-state index contributed by atoms with van der Waals surface area (Å²) in [7, 11) is 0. The molecule has 1 fully saturated rings. The van der Waals surface area contributed by atoms with E-state index in [1.807, 2.05) is 0 Å². The predicted octanol–water partition coefficient (Wildman–Crippen LogP) is 4.98. The van der Waals surface area contributed by atoms with Gasteiger partial charge in [0.25, 0.3) is 5.91 Å². The molecule has 0 spiro atoms. The molecule has 35 heavy (non-hydrogen) atoms. The number of hydrogen-bond donors (Lipinski definition) is 1. The van der Waals surface area contributed by atoms with Crippen molar-refractivity contribution in [2.75, 3.05) is 13.1 Å². The summed E-state index contributed by atoms with van der Waals surface area (Å²) in [6.07, 6.45) is -9.59. The van der Waals surface area contributed by atoms with Crippen molar-refractivity contribution in [3.05, 3.63) is 47.0 Å². The number of carbonyl (C=O) groups is 1. The number of rotatable bonds is 3. The normalized spacial score (nSPS) is 15.5. The van der Waals surface area contributed by atoms with Crippen LogP contribution in [0.4, 0.5) is 26.3 Å². The maximum Gasteiger partial charge on any atom is 0.433 e. The quantitative estimate of drug-likeness (QED) is 0.515. The van der Waals surface area contributed by atoms with Crippen molar-refractivity contribution < 1.29 is 31.1 Å². The summed E-state index contributed by atoms with van der Waals surface area (Å²) in [4.78, 5) is 25.2. The smallest absolute Gasteiger partial charge is 0.339 e. The lowest BCUT2D eigenvalue weighted by Gasteiger charge is -2.33. The summed E-state index contributed by atoms with van der Waals surface area (Å²) < 4.78 is 79.3. The van der Waals surface area contributed by atoms with Gasteiger partial charge in [-0.05, 0) is 44.9 Å². The SMILES string of the molecule is Cc1cc(C(F)(F)F)nc(-c2cc(-c3nnc(C)[nH]3)ccc2C(=O)N2CCC(C(F)(F)F)CC2)n1. The van der Waals surface area contributed by atoms with Crippen molar-refractivity contribution in [1.82, 2.24) is 30.0 Å². The number of aromatic nitrogens is 5. The number of likely N-dealkylation sites (tertiary alicyclic amines) is 1. The maximum atomic E-state index is 13.4. The van der Waals surface area contributed by atoms with E-state index in [0.717, 1.165) is 6.07 Å². The molecule has 1 aliphatic rings. The second kappa shape index (κ2) is 8.93. The highest BCUT2D eigenvalue weighted by Gasteiger charge is 2.42. The Labute approximate surface area is 195 Å². The van der Waals surface area contributed by atoms with Crippen LogP contribution in [0.2, 0.25) is 0 Å². The van der Waals surface area contributed by atoms with Crippen LogP contribution in [0.3, 0.4) is 0 Å². The Morgan fingerprint density at radius 3 is 2.26 bits per heavy atom. The zero-order valence-electron chi connectivity index (χ0n) is 18.6. The summed E-state index contributed by atoms with van der Waals surface area (Å²) in [5, 5.41) is 7.82. The lowest BCUT2D eigenvalue weighted by molar-refractivity contribution is -0.183. The number of nitrogens with zero attached hydrogens (tertiary/aromatic N) is 5. The first kappa shape index (κ1) is 24.6. The van der Waals surface area contributed by atoms with Gasteiger partial charge in [0.2, 0.25) is 0 Å². The van der Waals surface area contributed by atoms with E-state index in [2.05, 4.69) is 25.1 Å². The first-order valence-corrected chi connectivity index (χ1v) is 10.7. The Bertz CT molecular complexity index is 1240. The number of aryl methyl sites for hydroxylation is 2. The van der Waals surface area contributed by atoms with Gasteiger partial charge in [0.15, 0.2) is 11.6 Å². The number of alkyl halides is 6. The molecular weight excluding hydrogens is 478 g/mol. The minimum Gasteiger partial charge on any atom is -0.339 e. The standard InChI is InChI=1S/C22H20F6N6O/c1-11-9-17(22(26,27)28)31-19(29-11)16-10-13(18-30-12(2)32-33-18)3-4-15(16)20(35)34-7-5-14(6-8-34)21(23,24)25/h3-4,9-10,14H,5-8H2,1-2H3,(H,30,32,33). The number of hydrogen-bond acceptors (Lipinski definition) is 5. The fourth-order valence-electron chi connectivity index (χ4n) is 3.95. The van der Waals surface area contributed by atoms with Crippen LogP contribution in [-0.4, -0.2) is 55.2 Å². The molecule has 1 aromatic carbocycles. The molecule has 3 heterocycles. The molecular formula is C22H20F6N6O. The number of halogens is 6. The number of H-pyrrole nitrogens is 1. The molecule has 1 N–H and O–H groups in total. The van der Waals surface area contributed by atoms with Gasteiger partial charge in [-0.25, -0.2) is 9.97 Å². The third kappa shape index (κ3) is 5.28. The van der Waals surface area contributed by atoms with Crippen LogP contribution in [-0.2, 0) is 6.18 Å². The fraction of sp³-hybridized carbons (Fsp3) is 0.409. The third-order valence-electron chi connectivity index (χ3n) is 5.75. The highest BCUT2D eigenvalue weighted by atomic mass is 19.4. The Kier molecular flexibility index (Phi) is 6.28. The van der Waals surface area contributed by atoms with Gasteiger partial charge in [0, 0.05) is 29.9 Å². The van der Waals surface area contributed by atoms with Gasteiger partial charge in [-0.2, -0.15) is 26.3 Å². The lowest BCUT2D eigenvalue weighted by atomic mass is 9.95. The molecule has 0 bridgehead atoms. The van der Waals surface area contributed by atoms with E-state index >= 15 is 0 Å². The number of piperidine rings is 1. The molecule has 13 heteroatoms. The van der Waals surface area contributed by atoms with Crippen molar-refractivity contribution >= 4 is 5.91 Å². The van der Waals surface area contributed by atoms with Gasteiger partial charge in [-0.3, -0.25) is 4.79 Å². The first-order valence-electron chi connectivity index (χ1n) is 10.7. The molecule has 0 radical (unpaired) electrons. The molecule has 0 atom stereocenters. The number of carbonyl (C=O) groups excluding carboxylic acids is 1. The van der Waals surface area contributed by atoms with Crippen molar-refractivity contribution in [3.8, 4) is 22.8 Å². The first-order chi connectivity index (χ1) is 16.3. The average molecular weight is 498 g/mol. The zero-order valence-corrected chi connectivity index (χ0v) is 18.6. The van der Waals surface area contributed by atoms with Gasteiger partial charge in [-0.15, -0.1) is 10.2 Å². The number of aromatic amines is 1. The van der Waals surface area contributed by atoms with E-state index in [0.29, 0.717) is 17.2 Å². The van der Waals surface area contributed by atoms with Crippen LogP contribution in [0.1, 0.15) is 40.4 Å². The summed E-state index contributed by atoms with van der Waals surface area (Å²) >= 11 is 0. The van der Waals surface area contributed by atoms with Crippen LogP contribution >= 0.6 is 0 Å². The fourth-order valence-corrected chi connectivity index (χ4v) is 3.95. The molecule has 2 aromatic heterocycles. The summed E-state index contributed by atoms with van der Waals surface area (Å²) in [5.41, 5.74) is -0.729. The molecule has 0 aliphatic carbocycles. The molecule has 1 aliphatic heterocycles. The molecule has 0 unspecified atom stereocenters. The van der Waals surface area contributed by atoms with Crippen LogP contribution in [0.15, 0.2) is 24.3 Å². The predicted molar refractivity (Wildman–Crippen MR) is 112 cm³/mol. The second-order valence-electron chi connectivity index (χ2n) is 8.34. The highest BCUT2D eigenvalue weighted by Crippen LogP contribution is 2.36. The van der Waals surface area contributed by atoms with E-state index < -0.39 is 29.9 Å². The van der Waals surface area contributed by atoms with E-state index in [4.69, 9.17) is 0 Å². The zero-order chi connectivity index (χ0) is 25.5. The van der Waals surface area contributed by atoms with Gasteiger partial charge >= 0.3 is 12.4 Å². The van der Waals surface area contributed by atoms with Crippen molar-refractivity contribution in [3.63, 3.8) is 0 Å². The van der Waals surface area contributed by atoms with Crippen LogP contribution < -0.4 is 0 Å². The summed E-state index contributed by atoms with van der Waals surface area (Å²) in [6, 6.07) is 5.13. The minimum atomic E-state index is -4.74. The summed E-state index contributed by atoms with van der Waals surface area (Å²) in [6.45, 7) is 2.77. The van der Waals surface area contributed by atoms with E-state index in [-0.39, 0.29) is 48.6 Å². The number of benzene rings is 1. The Morgan fingerprint density at radius 2 is 1.69 bits per heavy atom. The van der Waals surface area contributed by atoms with Crippen LogP contribution in [0.25, 0.3) is 22.8 Å². The highest BCUT2D eigenvalue weighted by molar-refractivity contribution is 6.01. The van der Waals surface area contributed by atoms with E-state index in [1.54, 1.807) is 6.92 Å². The van der Waals surface area contributed by atoms with Gasteiger partial charge < -0.3 is 9.88 Å². The van der Waals surface area contributed by atoms with Crippen molar-refractivity contribution in [1.29, 1.82) is 0 Å². The van der Waals surface area contributed by atoms with Crippen molar-refractivity contribution in [2.45, 2.75) is 39.0 Å². The summed E-state index contributed by atoms with van der Waals surface area (Å²) in [5.74, 6) is -1.63. The monoisotopic (exact) mass is 498 g/mol. The molecule has 186 valence electrons. The van der Waals surface area contributed by atoms with Crippen LogP contribution in [0.5, 0.6) is 0 Å². The second-order valence-corrected chi connectivity index (χ2v) is 8.34. The number of nitrogens with one attached hydrogen (secondary N) is 1. The topological polar surface area (TPSA) is 87.7 Å². The molecule has 1 saturated heterocycles.